The molecule has 17 heavy (non-hydrogen) atoms. The van der Waals surface area contributed by atoms with E-state index in [4.69, 9.17) is 20.1 Å². The van der Waals surface area contributed by atoms with E-state index in [0.29, 0.717) is 0 Å². The van der Waals surface area contributed by atoms with Crippen molar-refractivity contribution in [3.8, 4) is 0 Å². The van der Waals surface area contributed by atoms with Crippen LogP contribution in [0.1, 0.15) is 13.3 Å². The molecule has 8 nitrogen and oxygen atoms in total. The molecule has 0 fully saturated rings. The topological polar surface area (TPSA) is 130 Å². The van der Waals surface area contributed by atoms with E-state index in [1.54, 1.807) is 0 Å². The minimum absolute atomic E-state index is 0.0505. The summed E-state index contributed by atoms with van der Waals surface area (Å²) in [6.07, 6.45) is 0.176. The van der Waals surface area contributed by atoms with Crippen LogP contribution < -0.4 is 0 Å². The highest BCUT2D eigenvalue weighted by Gasteiger charge is 2.17. The van der Waals surface area contributed by atoms with Crippen molar-refractivity contribution in [2.24, 2.45) is 0 Å². The summed E-state index contributed by atoms with van der Waals surface area (Å²) >= 11 is 0. The summed E-state index contributed by atoms with van der Waals surface area (Å²) in [4.78, 5) is 37.7. The maximum Gasteiger partial charge on any atom is 0.336 e. The molecular weight excluding hydrogens is 236 g/mol. The van der Waals surface area contributed by atoms with Crippen LogP contribution in [0, 0.1) is 0 Å². The molecule has 0 amide bonds. The first-order chi connectivity index (χ1) is 7.81. The molecule has 0 bridgehead atoms. The summed E-state index contributed by atoms with van der Waals surface area (Å²) in [5, 5.41) is 24.0. The Morgan fingerprint density at radius 2 is 1.76 bits per heavy atom. The molecule has 0 aliphatic heterocycles. The van der Waals surface area contributed by atoms with E-state index in [1.807, 2.05) is 0 Å². The first-order valence-electron chi connectivity index (χ1n) is 4.34. The molecule has 0 aromatic rings. The lowest BCUT2D eigenvalue weighted by Gasteiger charge is -2.08. The van der Waals surface area contributed by atoms with Crippen molar-refractivity contribution < 1.29 is 39.5 Å². The number of carbonyl (C=O) groups is 3. The van der Waals surface area contributed by atoms with E-state index in [-0.39, 0.29) is 6.42 Å². The average molecular weight is 250 g/mol. The van der Waals surface area contributed by atoms with Crippen LogP contribution in [0.2, 0.25) is 0 Å². The van der Waals surface area contributed by atoms with Crippen LogP contribution in [0.4, 0.5) is 0 Å². The van der Waals surface area contributed by atoms with Crippen LogP contribution in [-0.2, 0) is 24.2 Å². The molecular formula is C9H14O8. The third-order valence-corrected chi connectivity index (χ3v) is 1.02. The standard InChI is InChI=1S/C7H10O6.C2H4O2/c1-2-3-5(7(10)11)13-12-4-6(8)9;1-2(3)4/h2,5H,1,3-4H2,(H,8,9)(H,10,11);1H3,(H,3,4). The Labute approximate surface area is 97.0 Å². The summed E-state index contributed by atoms with van der Waals surface area (Å²) in [6.45, 7) is 3.70. The number of carboxylic acid groups (broad SMARTS) is 3. The number of hydrogen-bond acceptors (Lipinski definition) is 5. The Morgan fingerprint density at radius 3 is 2.06 bits per heavy atom. The fourth-order valence-electron chi connectivity index (χ4n) is 0.499. The van der Waals surface area contributed by atoms with E-state index in [2.05, 4.69) is 16.4 Å². The number of rotatable bonds is 7. The van der Waals surface area contributed by atoms with Gasteiger partial charge in [0.05, 0.1) is 0 Å². The van der Waals surface area contributed by atoms with E-state index in [0.717, 1.165) is 6.92 Å². The largest absolute Gasteiger partial charge is 0.481 e. The Bertz CT molecular complexity index is 268. The third kappa shape index (κ3) is 16.7. The van der Waals surface area contributed by atoms with Gasteiger partial charge in [0.1, 0.15) is 0 Å². The van der Waals surface area contributed by atoms with Gasteiger partial charge in [-0.05, 0) is 0 Å². The van der Waals surface area contributed by atoms with Gasteiger partial charge in [-0.1, -0.05) is 6.08 Å². The number of aliphatic carboxylic acids is 3. The summed E-state index contributed by atoms with van der Waals surface area (Å²) in [7, 11) is 0. The number of carboxylic acids is 3. The third-order valence-electron chi connectivity index (χ3n) is 1.02. The lowest BCUT2D eigenvalue weighted by Crippen LogP contribution is -2.24. The molecule has 0 saturated heterocycles. The van der Waals surface area contributed by atoms with Crippen LogP contribution in [0.3, 0.4) is 0 Å². The van der Waals surface area contributed by atoms with Crippen molar-refractivity contribution >= 4 is 17.9 Å². The predicted molar refractivity (Wildman–Crippen MR) is 54.2 cm³/mol. The number of hydrogen-bond donors (Lipinski definition) is 3. The Kier molecular flexibility index (Phi) is 10.9. The minimum Gasteiger partial charge on any atom is -0.481 e. The van der Waals surface area contributed by atoms with Crippen molar-refractivity contribution in [3.63, 3.8) is 0 Å². The molecule has 0 aromatic carbocycles. The van der Waals surface area contributed by atoms with Crippen LogP contribution in [0.5, 0.6) is 0 Å². The van der Waals surface area contributed by atoms with E-state index in [9.17, 15) is 9.59 Å². The molecule has 0 heterocycles. The van der Waals surface area contributed by atoms with Gasteiger partial charge in [-0.15, -0.1) is 6.58 Å². The van der Waals surface area contributed by atoms with Crippen LogP contribution in [-0.4, -0.2) is 45.9 Å². The Hall–Kier alpha value is -1.93. The molecule has 98 valence electrons. The fraction of sp³-hybridized carbons (Fsp3) is 0.444. The van der Waals surface area contributed by atoms with Crippen molar-refractivity contribution in [1.29, 1.82) is 0 Å². The lowest BCUT2D eigenvalue weighted by molar-refractivity contribution is -0.316. The van der Waals surface area contributed by atoms with Crippen LogP contribution in [0.25, 0.3) is 0 Å². The second kappa shape index (κ2) is 10.6. The quantitative estimate of drug-likeness (QED) is 0.330. The predicted octanol–water partition coefficient (Wildman–Crippen LogP) is 0.139. The maximum absolute atomic E-state index is 10.4. The zero-order chi connectivity index (χ0) is 13.8. The van der Waals surface area contributed by atoms with Crippen molar-refractivity contribution in [1.82, 2.24) is 0 Å². The summed E-state index contributed by atoms with van der Waals surface area (Å²) in [6, 6.07) is 0. The van der Waals surface area contributed by atoms with Crippen molar-refractivity contribution in [3.05, 3.63) is 12.7 Å². The Balaban J connectivity index is 0. The molecule has 0 saturated carbocycles. The molecule has 1 unspecified atom stereocenters. The van der Waals surface area contributed by atoms with Gasteiger partial charge in [0.25, 0.3) is 5.97 Å². The molecule has 0 spiro atoms. The lowest BCUT2D eigenvalue weighted by atomic mass is 10.2. The van der Waals surface area contributed by atoms with Gasteiger partial charge < -0.3 is 15.3 Å². The molecule has 0 radical (unpaired) electrons. The minimum atomic E-state index is -1.23. The van der Waals surface area contributed by atoms with Gasteiger partial charge in [0.2, 0.25) is 0 Å². The summed E-state index contributed by atoms with van der Waals surface area (Å²) in [5.74, 6) is -3.30. The highest BCUT2D eigenvalue weighted by molar-refractivity contribution is 5.72. The second-order valence-electron chi connectivity index (χ2n) is 2.62. The van der Waals surface area contributed by atoms with Crippen molar-refractivity contribution in [2.45, 2.75) is 19.4 Å². The fourth-order valence-corrected chi connectivity index (χ4v) is 0.499. The van der Waals surface area contributed by atoms with E-state index >= 15 is 0 Å². The summed E-state index contributed by atoms with van der Waals surface area (Å²) < 4.78 is 0. The van der Waals surface area contributed by atoms with Gasteiger partial charge in [-0.3, -0.25) is 4.79 Å². The van der Waals surface area contributed by atoms with E-state index < -0.39 is 30.6 Å². The average Bonchev–Trinajstić information content (AvgIpc) is 2.14. The first kappa shape index (κ1) is 17.5. The molecule has 0 rings (SSSR count). The summed E-state index contributed by atoms with van der Waals surface area (Å²) in [5.41, 5.74) is 0. The van der Waals surface area contributed by atoms with Gasteiger partial charge in [-0.25, -0.2) is 19.4 Å². The molecule has 8 heteroatoms. The molecule has 0 aliphatic carbocycles. The zero-order valence-electron chi connectivity index (χ0n) is 9.16. The Morgan fingerprint density at radius 1 is 1.29 bits per heavy atom. The first-order valence-corrected chi connectivity index (χ1v) is 4.34. The van der Waals surface area contributed by atoms with Gasteiger partial charge in [0.15, 0.2) is 12.7 Å². The molecule has 0 aliphatic rings. The maximum atomic E-state index is 10.4. The highest BCUT2D eigenvalue weighted by Crippen LogP contribution is 2.00. The highest BCUT2D eigenvalue weighted by atomic mass is 17.2. The van der Waals surface area contributed by atoms with Gasteiger partial charge in [0, 0.05) is 13.3 Å². The van der Waals surface area contributed by atoms with Crippen LogP contribution >= 0.6 is 0 Å². The van der Waals surface area contributed by atoms with Gasteiger partial charge in [-0.2, -0.15) is 0 Å². The molecule has 0 aromatic heterocycles. The normalized spacial score (nSPS) is 10.6. The van der Waals surface area contributed by atoms with E-state index in [1.165, 1.54) is 6.08 Å². The molecule has 1 atom stereocenters. The van der Waals surface area contributed by atoms with Crippen LogP contribution in [0.15, 0.2) is 12.7 Å². The monoisotopic (exact) mass is 250 g/mol. The van der Waals surface area contributed by atoms with Gasteiger partial charge >= 0.3 is 11.9 Å². The SMILES string of the molecule is C=CCC(OOCC(=O)O)C(=O)O.CC(=O)O. The molecule has 3 N–H and O–H groups in total. The zero-order valence-corrected chi connectivity index (χ0v) is 9.16. The second-order valence-corrected chi connectivity index (χ2v) is 2.62. The van der Waals surface area contributed by atoms with Crippen molar-refractivity contribution in [2.75, 3.05) is 6.61 Å². The smallest absolute Gasteiger partial charge is 0.336 e.